The summed E-state index contributed by atoms with van der Waals surface area (Å²) in [4.78, 5) is 17.7. The molecular weight excluding hydrogens is 268 g/mol. The van der Waals surface area contributed by atoms with E-state index in [2.05, 4.69) is 39.0 Å². The fraction of sp³-hybridized carbons (Fsp3) is 0.786. The molecule has 2 N–H and O–H groups in total. The first kappa shape index (κ1) is 15.8. The quantitative estimate of drug-likeness (QED) is 0.813. The van der Waals surface area contributed by atoms with Crippen LogP contribution in [0, 0.1) is 0 Å². The monoisotopic (exact) mass is 294 g/mol. The number of rotatable bonds is 6. The Balaban J connectivity index is 2.31. The highest BCUT2D eigenvalue weighted by atomic mass is 16.3. The lowest BCUT2D eigenvalue weighted by Crippen LogP contribution is -2.32. The minimum Gasteiger partial charge on any atom is -0.388 e. The normalized spacial score (nSPS) is 21.7. The Labute approximate surface area is 126 Å². The van der Waals surface area contributed by atoms with Crippen molar-refractivity contribution in [3.05, 3.63) is 0 Å². The highest BCUT2D eigenvalue weighted by Gasteiger charge is 2.33. The van der Waals surface area contributed by atoms with Crippen LogP contribution in [0.5, 0.6) is 0 Å². The van der Waals surface area contributed by atoms with Gasteiger partial charge in [0.25, 0.3) is 0 Å². The second kappa shape index (κ2) is 6.43. The van der Waals surface area contributed by atoms with E-state index < -0.39 is 5.60 Å². The van der Waals surface area contributed by atoms with E-state index >= 15 is 0 Å². The Morgan fingerprint density at radius 2 is 1.95 bits per heavy atom. The van der Waals surface area contributed by atoms with Gasteiger partial charge in [0.05, 0.1) is 5.60 Å². The number of aromatic nitrogens is 3. The van der Waals surface area contributed by atoms with Gasteiger partial charge in [-0.25, -0.2) is 0 Å². The van der Waals surface area contributed by atoms with Crippen molar-refractivity contribution < 1.29 is 5.11 Å². The molecule has 118 valence electrons. The number of β-amino-alcohol motifs (C(OH)–C–C–N with tert-alkyl or cyclic N) is 1. The summed E-state index contributed by atoms with van der Waals surface area (Å²) in [5, 5.41) is 13.3. The Morgan fingerprint density at radius 1 is 1.24 bits per heavy atom. The maximum atomic E-state index is 10.1. The molecule has 0 amide bonds. The van der Waals surface area contributed by atoms with Gasteiger partial charge in [0.2, 0.25) is 17.8 Å². The van der Waals surface area contributed by atoms with Crippen LogP contribution in [0.1, 0.15) is 34.1 Å². The zero-order valence-corrected chi connectivity index (χ0v) is 13.4. The molecule has 0 aliphatic carbocycles. The average molecular weight is 294 g/mol. The van der Waals surface area contributed by atoms with E-state index in [-0.39, 0.29) is 0 Å². The van der Waals surface area contributed by atoms with E-state index in [0.717, 1.165) is 32.6 Å². The molecule has 2 heterocycles. The first-order valence-corrected chi connectivity index (χ1v) is 7.71. The summed E-state index contributed by atoms with van der Waals surface area (Å²) < 4.78 is 0. The summed E-state index contributed by atoms with van der Waals surface area (Å²) in [7, 11) is 0. The standard InChI is InChI=1S/C14H26N6O/c1-5-15-11-16-12(19(6-2)7-3)18-13(17-11)20-9-8-14(4,21)10-20/h21H,5-10H2,1-4H3,(H,15,16,17,18). The highest BCUT2D eigenvalue weighted by molar-refractivity contribution is 5.46. The molecule has 0 spiro atoms. The van der Waals surface area contributed by atoms with Crippen molar-refractivity contribution in [1.82, 2.24) is 15.0 Å². The Morgan fingerprint density at radius 3 is 2.48 bits per heavy atom. The molecule has 1 atom stereocenters. The molecular formula is C14H26N6O. The first-order chi connectivity index (χ1) is 9.99. The smallest absolute Gasteiger partial charge is 0.232 e. The Hall–Kier alpha value is -1.63. The lowest BCUT2D eigenvalue weighted by Gasteiger charge is -2.23. The summed E-state index contributed by atoms with van der Waals surface area (Å²) in [5.74, 6) is 1.92. The van der Waals surface area contributed by atoms with Crippen LogP contribution in [-0.2, 0) is 0 Å². The van der Waals surface area contributed by atoms with Gasteiger partial charge < -0.3 is 20.2 Å². The van der Waals surface area contributed by atoms with Gasteiger partial charge in [0.1, 0.15) is 0 Å². The van der Waals surface area contributed by atoms with Crippen LogP contribution >= 0.6 is 0 Å². The SMILES string of the molecule is CCNc1nc(N(CC)CC)nc(N2CCC(C)(O)C2)n1. The number of hydrogen-bond donors (Lipinski definition) is 2. The molecule has 21 heavy (non-hydrogen) atoms. The van der Waals surface area contributed by atoms with Crippen molar-refractivity contribution in [3.63, 3.8) is 0 Å². The second-order valence-corrected chi connectivity index (χ2v) is 5.63. The van der Waals surface area contributed by atoms with Gasteiger partial charge in [-0.3, -0.25) is 0 Å². The zero-order chi connectivity index (χ0) is 15.5. The van der Waals surface area contributed by atoms with Crippen LogP contribution in [-0.4, -0.2) is 58.4 Å². The molecule has 7 nitrogen and oxygen atoms in total. The summed E-state index contributed by atoms with van der Waals surface area (Å²) >= 11 is 0. The van der Waals surface area contributed by atoms with E-state index in [4.69, 9.17) is 0 Å². The van der Waals surface area contributed by atoms with Gasteiger partial charge in [0, 0.05) is 32.7 Å². The van der Waals surface area contributed by atoms with Crippen LogP contribution < -0.4 is 15.1 Å². The van der Waals surface area contributed by atoms with Gasteiger partial charge in [-0.05, 0) is 34.1 Å². The molecule has 2 rings (SSSR count). The number of nitrogens with one attached hydrogen (secondary N) is 1. The Kier molecular flexibility index (Phi) is 4.82. The maximum absolute atomic E-state index is 10.1. The summed E-state index contributed by atoms with van der Waals surface area (Å²) in [6, 6.07) is 0. The van der Waals surface area contributed by atoms with Crippen LogP contribution in [0.2, 0.25) is 0 Å². The first-order valence-electron chi connectivity index (χ1n) is 7.71. The van der Waals surface area contributed by atoms with E-state index in [0.29, 0.717) is 24.4 Å². The van der Waals surface area contributed by atoms with Crippen LogP contribution in [0.25, 0.3) is 0 Å². The summed E-state index contributed by atoms with van der Waals surface area (Å²) in [6.45, 7) is 11.8. The van der Waals surface area contributed by atoms with E-state index in [1.807, 2.05) is 18.7 Å². The van der Waals surface area contributed by atoms with E-state index in [1.165, 1.54) is 0 Å². The van der Waals surface area contributed by atoms with Crippen LogP contribution in [0.3, 0.4) is 0 Å². The molecule has 1 aromatic rings. The van der Waals surface area contributed by atoms with Crippen LogP contribution in [0.4, 0.5) is 17.8 Å². The lowest BCUT2D eigenvalue weighted by atomic mass is 10.1. The summed E-state index contributed by atoms with van der Waals surface area (Å²) in [5.41, 5.74) is -0.666. The molecule has 0 bridgehead atoms. The predicted molar refractivity (Wildman–Crippen MR) is 85.0 cm³/mol. The molecule has 0 aromatic carbocycles. The number of nitrogens with zero attached hydrogens (tertiary/aromatic N) is 5. The third-order valence-corrected chi connectivity index (χ3v) is 3.73. The number of aliphatic hydroxyl groups is 1. The van der Waals surface area contributed by atoms with Gasteiger partial charge >= 0.3 is 0 Å². The van der Waals surface area contributed by atoms with Gasteiger partial charge in [-0.2, -0.15) is 15.0 Å². The van der Waals surface area contributed by atoms with Crippen molar-refractivity contribution in [1.29, 1.82) is 0 Å². The van der Waals surface area contributed by atoms with Gasteiger partial charge in [-0.15, -0.1) is 0 Å². The van der Waals surface area contributed by atoms with E-state index in [9.17, 15) is 5.11 Å². The molecule has 1 unspecified atom stereocenters. The number of anilines is 3. The molecule has 1 saturated heterocycles. The lowest BCUT2D eigenvalue weighted by molar-refractivity contribution is 0.0838. The minimum atomic E-state index is -0.666. The van der Waals surface area contributed by atoms with Gasteiger partial charge in [0.15, 0.2) is 0 Å². The minimum absolute atomic E-state index is 0.556. The fourth-order valence-corrected chi connectivity index (χ4v) is 2.50. The van der Waals surface area contributed by atoms with Crippen molar-refractivity contribution >= 4 is 17.8 Å². The number of hydrogen-bond acceptors (Lipinski definition) is 7. The highest BCUT2D eigenvalue weighted by Crippen LogP contribution is 2.25. The molecule has 7 heteroatoms. The zero-order valence-electron chi connectivity index (χ0n) is 13.4. The molecule has 1 aliphatic rings. The molecule has 0 saturated carbocycles. The Bertz CT molecular complexity index is 475. The van der Waals surface area contributed by atoms with Crippen molar-refractivity contribution in [2.45, 2.75) is 39.7 Å². The third-order valence-electron chi connectivity index (χ3n) is 3.73. The molecule has 0 radical (unpaired) electrons. The van der Waals surface area contributed by atoms with Crippen molar-refractivity contribution in [2.24, 2.45) is 0 Å². The van der Waals surface area contributed by atoms with Crippen molar-refractivity contribution in [2.75, 3.05) is 47.8 Å². The topological polar surface area (TPSA) is 77.4 Å². The molecule has 1 aliphatic heterocycles. The average Bonchev–Trinajstić information content (AvgIpc) is 2.81. The summed E-state index contributed by atoms with van der Waals surface area (Å²) in [6.07, 6.45) is 0.732. The van der Waals surface area contributed by atoms with Crippen molar-refractivity contribution in [3.8, 4) is 0 Å². The third kappa shape index (κ3) is 3.72. The van der Waals surface area contributed by atoms with E-state index in [1.54, 1.807) is 0 Å². The largest absolute Gasteiger partial charge is 0.388 e. The second-order valence-electron chi connectivity index (χ2n) is 5.63. The fourth-order valence-electron chi connectivity index (χ4n) is 2.50. The van der Waals surface area contributed by atoms with Crippen LogP contribution in [0.15, 0.2) is 0 Å². The molecule has 1 fully saturated rings. The maximum Gasteiger partial charge on any atom is 0.232 e. The molecule has 1 aromatic heterocycles. The predicted octanol–water partition coefficient (Wildman–Crippen LogP) is 1.11. The van der Waals surface area contributed by atoms with Gasteiger partial charge in [-0.1, -0.05) is 0 Å².